The van der Waals surface area contributed by atoms with E-state index in [2.05, 4.69) is 10.1 Å². The number of nitrogens with zero attached hydrogens (tertiary/aromatic N) is 3. The molecule has 1 fully saturated rings. The number of amidine groups is 1. The van der Waals surface area contributed by atoms with Crippen LogP contribution >= 0.6 is 0 Å². The first-order valence-corrected chi connectivity index (χ1v) is 6.32. The summed E-state index contributed by atoms with van der Waals surface area (Å²) in [5.74, 6) is 0.870. The van der Waals surface area contributed by atoms with E-state index in [9.17, 15) is 4.79 Å². The maximum Gasteiger partial charge on any atom is 0.271 e. The number of dihydropyridines is 1. The molecule has 90 valence electrons. The van der Waals surface area contributed by atoms with Gasteiger partial charge in [0.1, 0.15) is 5.84 Å². The van der Waals surface area contributed by atoms with Crippen LogP contribution < -0.4 is 0 Å². The van der Waals surface area contributed by atoms with Gasteiger partial charge in [-0.3, -0.25) is 4.79 Å². The molecule has 4 heteroatoms. The fourth-order valence-electron chi connectivity index (χ4n) is 3.09. The minimum absolute atomic E-state index is 0.137. The van der Waals surface area contributed by atoms with E-state index >= 15 is 0 Å². The highest BCUT2D eigenvalue weighted by Crippen LogP contribution is 2.33. The van der Waals surface area contributed by atoms with Crippen molar-refractivity contribution in [2.45, 2.75) is 45.6 Å². The molecule has 0 spiro atoms. The van der Waals surface area contributed by atoms with Gasteiger partial charge in [-0.1, -0.05) is 18.4 Å². The van der Waals surface area contributed by atoms with E-state index in [1.165, 1.54) is 25.7 Å². The van der Waals surface area contributed by atoms with Crippen molar-refractivity contribution in [3.63, 3.8) is 0 Å². The lowest BCUT2D eigenvalue weighted by molar-refractivity contribution is -0.113. The predicted octanol–water partition coefficient (Wildman–Crippen LogP) is 2.12. The monoisotopic (exact) mass is 231 g/mol. The highest BCUT2D eigenvalue weighted by Gasteiger charge is 2.39. The third-order valence-electron chi connectivity index (χ3n) is 3.88. The smallest absolute Gasteiger partial charge is 0.267 e. The molecule has 0 aromatic rings. The Morgan fingerprint density at radius 2 is 2.00 bits per heavy atom. The van der Waals surface area contributed by atoms with E-state index in [-0.39, 0.29) is 11.8 Å². The molecule has 2 heterocycles. The molecule has 4 nitrogen and oxygen atoms in total. The van der Waals surface area contributed by atoms with Gasteiger partial charge in [0.05, 0.1) is 17.7 Å². The van der Waals surface area contributed by atoms with Crippen LogP contribution in [0.1, 0.15) is 39.5 Å². The number of carbonyl (C=O) groups is 1. The maximum atomic E-state index is 11.5. The molecule has 1 atom stereocenters. The zero-order valence-corrected chi connectivity index (χ0v) is 10.3. The van der Waals surface area contributed by atoms with Crippen LogP contribution in [-0.2, 0) is 4.79 Å². The van der Waals surface area contributed by atoms with E-state index in [4.69, 9.17) is 0 Å². The van der Waals surface area contributed by atoms with Crippen LogP contribution in [0.5, 0.6) is 0 Å². The van der Waals surface area contributed by atoms with E-state index in [0.717, 1.165) is 17.1 Å². The fraction of sp³-hybridized carbons (Fsp3) is 0.615. The molecule has 0 saturated heterocycles. The SMILES string of the molecule is CC1=CC(=O)N=C2C1C(C)=NN2C1CCCC1. The van der Waals surface area contributed by atoms with Crippen molar-refractivity contribution in [2.24, 2.45) is 16.0 Å². The third-order valence-corrected chi connectivity index (χ3v) is 3.88. The standard InChI is InChI=1S/C13H17N3O/c1-8-7-11(17)14-13-12(8)9(2)15-16(13)10-5-3-4-6-10/h7,10,12H,3-6H2,1-2H3. The molecule has 0 radical (unpaired) electrons. The summed E-state index contributed by atoms with van der Waals surface area (Å²) in [6.45, 7) is 4.02. The van der Waals surface area contributed by atoms with Gasteiger partial charge >= 0.3 is 0 Å². The van der Waals surface area contributed by atoms with Crippen molar-refractivity contribution in [3.05, 3.63) is 11.6 Å². The Kier molecular flexibility index (Phi) is 2.38. The first-order valence-electron chi connectivity index (χ1n) is 6.32. The molecule has 2 aliphatic heterocycles. The van der Waals surface area contributed by atoms with Crippen LogP contribution in [0.4, 0.5) is 0 Å². The average molecular weight is 231 g/mol. The number of aliphatic imine (C=N–C) groups is 1. The molecule has 1 unspecified atom stereocenters. The molecule has 3 rings (SSSR count). The Morgan fingerprint density at radius 3 is 2.71 bits per heavy atom. The van der Waals surface area contributed by atoms with Crippen LogP contribution in [0.3, 0.4) is 0 Å². The summed E-state index contributed by atoms with van der Waals surface area (Å²) in [5.41, 5.74) is 2.14. The minimum Gasteiger partial charge on any atom is -0.267 e. The number of rotatable bonds is 1. The Morgan fingerprint density at radius 1 is 1.29 bits per heavy atom. The highest BCUT2D eigenvalue weighted by atomic mass is 16.1. The third kappa shape index (κ3) is 1.63. The second-order valence-corrected chi connectivity index (χ2v) is 5.15. The summed E-state index contributed by atoms with van der Waals surface area (Å²) in [7, 11) is 0. The molecule has 1 amide bonds. The number of amides is 1. The van der Waals surface area contributed by atoms with Crippen molar-refractivity contribution < 1.29 is 4.79 Å². The van der Waals surface area contributed by atoms with E-state index in [0.29, 0.717) is 6.04 Å². The minimum atomic E-state index is -0.137. The topological polar surface area (TPSA) is 45.0 Å². The zero-order valence-electron chi connectivity index (χ0n) is 10.3. The molecular weight excluding hydrogens is 214 g/mol. The fourth-order valence-corrected chi connectivity index (χ4v) is 3.09. The maximum absolute atomic E-state index is 11.5. The van der Waals surface area contributed by atoms with Crippen molar-refractivity contribution in [1.29, 1.82) is 0 Å². The van der Waals surface area contributed by atoms with Crippen LogP contribution in [0.15, 0.2) is 21.7 Å². The molecule has 0 N–H and O–H groups in total. The molecule has 1 saturated carbocycles. The Balaban J connectivity index is 1.95. The quantitative estimate of drug-likeness (QED) is 0.694. The highest BCUT2D eigenvalue weighted by molar-refractivity contribution is 6.17. The summed E-state index contributed by atoms with van der Waals surface area (Å²) < 4.78 is 0. The summed E-state index contributed by atoms with van der Waals surface area (Å²) in [4.78, 5) is 15.7. The predicted molar refractivity (Wildman–Crippen MR) is 66.9 cm³/mol. The van der Waals surface area contributed by atoms with E-state index < -0.39 is 0 Å². The van der Waals surface area contributed by atoms with E-state index in [1.807, 2.05) is 18.9 Å². The van der Waals surface area contributed by atoms with Gasteiger partial charge in [0.25, 0.3) is 5.91 Å². The zero-order chi connectivity index (χ0) is 12.0. The van der Waals surface area contributed by atoms with Crippen molar-refractivity contribution in [2.75, 3.05) is 0 Å². The first kappa shape index (κ1) is 10.7. The van der Waals surface area contributed by atoms with Gasteiger partial charge in [-0.15, -0.1) is 0 Å². The lowest BCUT2D eigenvalue weighted by Crippen LogP contribution is -2.37. The number of hydrogen-bond donors (Lipinski definition) is 0. The summed E-state index contributed by atoms with van der Waals surface area (Å²) >= 11 is 0. The lowest BCUT2D eigenvalue weighted by Gasteiger charge is -2.26. The number of hydrazone groups is 1. The molecule has 0 aromatic carbocycles. The first-order chi connectivity index (χ1) is 8.16. The van der Waals surface area contributed by atoms with Gasteiger partial charge in [0, 0.05) is 6.08 Å². The Bertz CT molecular complexity index is 455. The van der Waals surface area contributed by atoms with Gasteiger partial charge in [0.2, 0.25) is 0 Å². The van der Waals surface area contributed by atoms with Crippen LogP contribution in [-0.4, -0.2) is 28.5 Å². The Labute approximate surface area is 101 Å². The van der Waals surface area contributed by atoms with Crippen LogP contribution in [0.25, 0.3) is 0 Å². The van der Waals surface area contributed by atoms with Crippen LogP contribution in [0.2, 0.25) is 0 Å². The van der Waals surface area contributed by atoms with Gasteiger partial charge in [-0.25, -0.2) is 5.01 Å². The van der Waals surface area contributed by atoms with E-state index in [1.54, 1.807) is 6.08 Å². The molecule has 17 heavy (non-hydrogen) atoms. The molecule has 1 aliphatic carbocycles. The average Bonchev–Trinajstić information content (AvgIpc) is 2.85. The molecule has 0 bridgehead atoms. The van der Waals surface area contributed by atoms with Crippen molar-refractivity contribution >= 4 is 17.5 Å². The number of carbonyl (C=O) groups excluding carboxylic acids is 1. The summed E-state index contributed by atoms with van der Waals surface area (Å²) in [6, 6.07) is 0.451. The van der Waals surface area contributed by atoms with Gasteiger partial charge in [-0.2, -0.15) is 10.1 Å². The molecule has 3 aliphatic rings. The van der Waals surface area contributed by atoms with Gasteiger partial charge in [-0.05, 0) is 26.7 Å². The number of fused-ring (bicyclic) bond motifs is 1. The normalized spacial score (nSPS) is 29.1. The van der Waals surface area contributed by atoms with Crippen molar-refractivity contribution in [3.8, 4) is 0 Å². The lowest BCUT2D eigenvalue weighted by atomic mass is 9.93. The number of hydrogen-bond acceptors (Lipinski definition) is 3. The largest absolute Gasteiger partial charge is 0.271 e. The Hall–Kier alpha value is -1.45. The summed E-state index contributed by atoms with van der Waals surface area (Å²) in [6.07, 6.45) is 6.48. The van der Waals surface area contributed by atoms with Gasteiger partial charge in [0.15, 0.2) is 0 Å². The van der Waals surface area contributed by atoms with Gasteiger partial charge < -0.3 is 0 Å². The van der Waals surface area contributed by atoms with Crippen molar-refractivity contribution in [1.82, 2.24) is 5.01 Å². The second-order valence-electron chi connectivity index (χ2n) is 5.15. The van der Waals surface area contributed by atoms with Crippen LogP contribution in [0, 0.1) is 5.92 Å². The second kappa shape index (κ2) is 3.79. The summed E-state index contributed by atoms with van der Waals surface area (Å²) in [5, 5.41) is 6.64. The molecule has 0 aromatic heterocycles. The molecular formula is C13H17N3O.